The Bertz CT molecular complexity index is 2900. The second-order valence-corrected chi connectivity index (χ2v) is 15.0. The van der Waals surface area contributed by atoms with Crippen molar-refractivity contribution in [2.75, 3.05) is 0 Å². The molecule has 0 radical (unpaired) electrons. The monoisotopic (exact) mass is 769 g/mol. The molecule has 0 atom stereocenters. The van der Waals surface area contributed by atoms with E-state index in [-0.39, 0.29) is 0 Å². The maximum absolute atomic E-state index is 6.57. The number of rotatable bonds is 5. The van der Waals surface area contributed by atoms with Gasteiger partial charge >= 0.3 is 0 Å². The van der Waals surface area contributed by atoms with Gasteiger partial charge in [-0.3, -0.25) is 0 Å². The largest absolute Gasteiger partial charge is 0.456 e. The van der Waals surface area contributed by atoms with E-state index in [9.17, 15) is 0 Å². The molecule has 59 heavy (non-hydrogen) atoms. The first-order valence-electron chi connectivity index (χ1n) is 19.6. The van der Waals surface area contributed by atoms with Crippen LogP contribution in [0.1, 0.15) is 38.9 Å². The van der Waals surface area contributed by atoms with E-state index in [4.69, 9.17) is 30.8 Å². The average Bonchev–Trinajstić information content (AvgIpc) is 3.81. The molecule has 0 unspecified atom stereocenters. The molecule has 1 aliphatic heterocycles. The van der Waals surface area contributed by atoms with E-state index in [1.165, 1.54) is 27.8 Å². The third-order valence-electron chi connectivity index (χ3n) is 11.3. The van der Waals surface area contributed by atoms with Crippen LogP contribution < -0.4 is 20.9 Å². The van der Waals surface area contributed by atoms with E-state index >= 15 is 0 Å². The number of para-hydroxylation sites is 1. The van der Waals surface area contributed by atoms with E-state index in [1.807, 2.05) is 66.7 Å². The van der Waals surface area contributed by atoms with Gasteiger partial charge < -0.3 is 30.8 Å². The maximum atomic E-state index is 6.57. The number of nitrogens with one attached hydrogen (secondary N) is 1. The summed E-state index contributed by atoms with van der Waals surface area (Å²) in [7, 11) is 0. The Labute approximate surface area is 343 Å². The minimum Gasteiger partial charge on any atom is -0.456 e. The molecule has 1 aromatic heterocycles. The van der Waals surface area contributed by atoms with E-state index in [0.717, 1.165) is 67.2 Å². The number of benzene rings is 8. The van der Waals surface area contributed by atoms with Gasteiger partial charge in [0.25, 0.3) is 0 Å². The summed E-state index contributed by atoms with van der Waals surface area (Å²) in [6.45, 7) is 4.56. The van der Waals surface area contributed by atoms with Crippen LogP contribution in [-0.4, -0.2) is 6.72 Å². The normalized spacial score (nSPS) is 12.9. The number of fused-ring (bicyclic) bond motifs is 9. The Balaban J connectivity index is 0.000000157. The number of aryl methyl sites for hydroxylation is 1. The summed E-state index contributed by atoms with van der Waals surface area (Å²) in [5.41, 5.74) is 23.4. The van der Waals surface area contributed by atoms with E-state index in [1.54, 1.807) is 0 Å². The summed E-state index contributed by atoms with van der Waals surface area (Å²) >= 11 is 0. The number of hydrogen-bond acceptors (Lipinski definition) is 6. The van der Waals surface area contributed by atoms with Crippen molar-refractivity contribution in [2.45, 2.75) is 24.4 Å². The highest BCUT2D eigenvalue weighted by Crippen LogP contribution is 2.62. The fourth-order valence-corrected chi connectivity index (χ4v) is 8.74. The van der Waals surface area contributed by atoms with Crippen molar-refractivity contribution < 1.29 is 13.9 Å². The van der Waals surface area contributed by atoms with Gasteiger partial charge in [-0.05, 0) is 88.5 Å². The lowest BCUT2D eigenvalue weighted by atomic mass is 9.68. The van der Waals surface area contributed by atoms with Gasteiger partial charge in [-0.1, -0.05) is 158 Å². The van der Waals surface area contributed by atoms with Gasteiger partial charge in [0, 0.05) is 22.8 Å². The summed E-state index contributed by atoms with van der Waals surface area (Å²) in [4.78, 5) is 0. The predicted molar refractivity (Wildman–Crippen MR) is 239 cm³/mol. The zero-order valence-electron chi connectivity index (χ0n) is 32.7. The number of furan rings is 1. The molecule has 11 rings (SSSR count). The van der Waals surface area contributed by atoms with Crippen LogP contribution in [0.15, 0.2) is 192 Å². The highest BCUT2D eigenvalue weighted by Gasteiger charge is 2.48. The SMILES string of the molecule is C=N.Cc1ccc2c(c1)Oc1ccc3c(c1O2)-c1ccccc1C3(c1ccccc1)c1ccccc1.NC(N)(Cc1ccc2c(c1)oc1ccccc12)c1ccccc1. The van der Waals surface area contributed by atoms with Crippen molar-refractivity contribution in [2.24, 2.45) is 11.5 Å². The van der Waals surface area contributed by atoms with Crippen molar-refractivity contribution in [1.29, 1.82) is 5.41 Å². The third-order valence-corrected chi connectivity index (χ3v) is 11.3. The highest BCUT2D eigenvalue weighted by atomic mass is 16.6. The summed E-state index contributed by atoms with van der Waals surface area (Å²) in [6.07, 6.45) is 0.546. The molecular weight excluding hydrogens is 727 g/mol. The molecule has 0 saturated heterocycles. The fourth-order valence-electron chi connectivity index (χ4n) is 8.74. The molecule has 0 fully saturated rings. The van der Waals surface area contributed by atoms with Crippen LogP contribution in [0.5, 0.6) is 23.0 Å². The van der Waals surface area contributed by atoms with Crippen LogP contribution in [0.2, 0.25) is 0 Å². The molecule has 0 saturated carbocycles. The average molecular weight is 770 g/mol. The van der Waals surface area contributed by atoms with Crippen LogP contribution in [0.3, 0.4) is 0 Å². The van der Waals surface area contributed by atoms with Gasteiger partial charge in [0.1, 0.15) is 11.2 Å². The number of nitrogens with two attached hydrogens (primary N) is 2. The maximum Gasteiger partial charge on any atom is 0.178 e. The molecule has 8 aromatic carbocycles. The summed E-state index contributed by atoms with van der Waals surface area (Å²) in [6, 6.07) is 64.6. The van der Waals surface area contributed by atoms with Crippen LogP contribution in [0.25, 0.3) is 33.1 Å². The van der Waals surface area contributed by atoms with Crippen LogP contribution in [0.4, 0.5) is 0 Å². The molecule has 5 N–H and O–H groups in total. The second kappa shape index (κ2) is 15.3. The molecule has 0 bridgehead atoms. The molecule has 0 amide bonds. The molecule has 2 heterocycles. The van der Waals surface area contributed by atoms with Gasteiger partial charge in [-0.25, -0.2) is 0 Å². The van der Waals surface area contributed by atoms with Crippen LogP contribution >= 0.6 is 0 Å². The second-order valence-electron chi connectivity index (χ2n) is 15.0. The van der Waals surface area contributed by atoms with E-state index in [2.05, 4.69) is 135 Å². The summed E-state index contributed by atoms with van der Waals surface area (Å²) in [5, 5.41) is 7.74. The van der Waals surface area contributed by atoms with Gasteiger partial charge in [-0.2, -0.15) is 0 Å². The fraction of sp³-hybridized carbons (Fsp3) is 0.0755. The smallest absolute Gasteiger partial charge is 0.178 e. The van der Waals surface area contributed by atoms with Crippen molar-refractivity contribution in [3.05, 3.63) is 227 Å². The quantitative estimate of drug-likeness (QED) is 0.119. The van der Waals surface area contributed by atoms with Crippen molar-refractivity contribution in [1.82, 2.24) is 0 Å². The molecular formula is C53H43N3O3. The molecule has 288 valence electrons. The topological polar surface area (TPSA) is 107 Å². The first-order valence-corrected chi connectivity index (χ1v) is 19.6. The van der Waals surface area contributed by atoms with Crippen molar-refractivity contribution in [3.8, 4) is 34.1 Å². The number of hydrogen-bond donors (Lipinski definition) is 3. The van der Waals surface area contributed by atoms with E-state index < -0.39 is 11.1 Å². The predicted octanol–water partition coefficient (Wildman–Crippen LogP) is 12.4. The molecule has 6 heteroatoms. The highest BCUT2D eigenvalue weighted by molar-refractivity contribution is 6.05. The Kier molecular flexibility index (Phi) is 9.65. The number of ether oxygens (including phenoxy) is 2. The first-order chi connectivity index (χ1) is 28.9. The van der Waals surface area contributed by atoms with Crippen LogP contribution in [0, 0.1) is 12.3 Å². The first kappa shape index (κ1) is 37.3. The Hall–Kier alpha value is -7.25. The minimum atomic E-state index is -0.902. The standard InChI is InChI=1S/C32H22O2.C20H18N2O.CH3N/c1-21-16-18-27-29(20-21)33-28-19-17-26-30(31(28)34-27)24-14-8-9-15-25(24)32(26,22-10-4-2-5-11-22)23-12-6-3-7-13-23;21-20(22,15-6-2-1-3-7-15)13-14-10-11-17-16-8-4-5-9-18(16)23-19(17)12-14;1-2/h2-20H,1H3;1-12H,13,21-22H2;2H,1H2. The molecule has 9 aromatic rings. The van der Waals surface area contributed by atoms with Gasteiger partial charge in [0.15, 0.2) is 23.0 Å². The summed E-state index contributed by atoms with van der Waals surface area (Å²) in [5.74, 6) is 3.05. The zero-order valence-corrected chi connectivity index (χ0v) is 32.7. The van der Waals surface area contributed by atoms with Gasteiger partial charge in [-0.15, -0.1) is 0 Å². The van der Waals surface area contributed by atoms with E-state index in [0.29, 0.717) is 6.42 Å². The molecule has 2 aliphatic rings. The lowest BCUT2D eigenvalue weighted by Gasteiger charge is -2.34. The summed E-state index contributed by atoms with van der Waals surface area (Å²) < 4.78 is 18.9. The van der Waals surface area contributed by atoms with Crippen molar-refractivity contribution >= 4 is 28.7 Å². The lowest BCUT2D eigenvalue weighted by Crippen LogP contribution is -2.48. The zero-order chi connectivity index (χ0) is 40.6. The molecule has 0 spiro atoms. The Morgan fingerprint density at radius 3 is 1.88 bits per heavy atom. The van der Waals surface area contributed by atoms with Gasteiger partial charge in [0.2, 0.25) is 0 Å². The van der Waals surface area contributed by atoms with Crippen molar-refractivity contribution in [3.63, 3.8) is 0 Å². The van der Waals surface area contributed by atoms with Crippen LogP contribution in [-0.2, 0) is 17.5 Å². The molecule has 6 nitrogen and oxygen atoms in total. The third kappa shape index (κ3) is 6.45. The minimum absolute atomic E-state index is 0.444. The Morgan fingerprint density at radius 2 is 1.15 bits per heavy atom. The molecule has 1 aliphatic carbocycles. The lowest BCUT2D eigenvalue weighted by molar-refractivity contribution is 0.360. The van der Waals surface area contributed by atoms with Gasteiger partial charge in [0.05, 0.1) is 11.1 Å². The Morgan fingerprint density at radius 1 is 0.542 bits per heavy atom.